The lowest BCUT2D eigenvalue weighted by Crippen LogP contribution is -2.71. The summed E-state index contributed by atoms with van der Waals surface area (Å²) < 4.78 is 81.6. The van der Waals surface area contributed by atoms with E-state index in [1.165, 1.54) is 0 Å². The van der Waals surface area contributed by atoms with E-state index in [1.807, 2.05) is 0 Å². The van der Waals surface area contributed by atoms with E-state index in [9.17, 15) is 68.4 Å². The van der Waals surface area contributed by atoms with Gasteiger partial charge in [-0.05, 0) is 0 Å². The van der Waals surface area contributed by atoms with Gasteiger partial charge in [-0.2, -0.15) is 8.42 Å². The Morgan fingerprint density at radius 2 is 0.984 bits per heavy atom. The molecule has 0 aliphatic carbocycles. The summed E-state index contributed by atoms with van der Waals surface area (Å²) in [5, 5.41) is 93.9. The van der Waals surface area contributed by atoms with Crippen molar-refractivity contribution in [1.29, 1.82) is 0 Å². The molecular formula is C32H54N4O24S. The minimum atomic E-state index is -5.14. The van der Waals surface area contributed by atoms with Gasteiger partial charge in [0.1, 0.15) is 98.0 Å². The third kappa shape index (κ3) is 12.9. The molecule has 4 fully saturated rings. The number of rotatable bonds is 16. The molecule has 61 heavy (non-hydrogen) atoms. The first-order valence-corrected chi connectivity index (χ1v) is 20.0. The van der Waals surface area contributed by atoms with Gasteiger partial charge in [-0.15, -0.1) is 0 Å². The zero-order valence-electron chi connectivity index (χ0n) is 33.0. The van der Waals surface area contributed by atoms with E-state index in [0.29, 0.717) is 0 Å². The van der Waals surface area contributed by atoms with Gasteiger partial charge >= 0.3 is 16.4 Å². The van der Waals surface area contributed by atoms with Crippen molar-refractivity contribution in [2.24, 2.45) is 5.73 Å². The van der Waals surface area contributed by atoms with Crippen LogP contribution in [-0.4, -0.2) is 227 Å². The van der Waals surface area contributed by atoms with Gasteiger partial charge in [0.2, 0.25) is 17.7 Å². The predicted octanol–water partition coefficient (Wildman–Crippen LogP) is -8.95. The summed E-state index contributed by atoms with van der Waals surface area (Å²) in [6.45, 7) is 0.604. The van der Waals surface area contributed by atoms with Crippen LogP contribution < -0.4 is 21.7 Å². The first-order chi connectivity index (χ1) is 28.5. The smallest absolute Gasteiger partial charge is 0.397 e. The van der Waals surface area contributed by atoms with Crippen LogP contribution in [0.15, 0.2) is 0 Å². The molecule has 4 heterocycles. The summed E-state index contributed by atoms with van der Waals surface area (Å²) in [6.07, 6.45) is -28.3. The van der Waals surface area contributed by atoms with Crippen molar-refractivity contribution in [2.75, 3.05) is 26.4 Å². The third-order valence-electron chi connectivity index (χ3n) is 9.96. The zero-order chi connectivity index (χ0) is 45.7. The molecule has 1 unspecified atom stereocenters. The number of ether oxygens (including phenoxy) is 8. The van der Waals surface area contributed by atoms with Crippen LogP contribution in [-0.2, 0) is 71.7 Å². The van der Waals surface area contributed by atoms with Gasteiger partial charge in [-0.1, -0.05) is 0 Å². The molecule has 20 atom stereocenters. The Labute approximate surface area is 347 Å². The van der Waals surface area contributed by atoms with Gasteiger partial charge in [0, 0.05) is 27.7 Å². The summed E-state index contributed by atoms with van der Waals surface area (Å²) in [4.78, 5) is 48.1. The van der Waals surface area contributed by atoms with Gasteiger partial charge in [-0.25, -0.2) is 4.18 Å². The highest BCUT2D eigenvalue weighted by molar-refractivity contribution is 7.80. The normalized spacial score (nSPS) is 41.9. The van der Waals surface area contributed by atoms with Crippen molar-refractivity contribution in [1.82, 2.24) is 16.0 Å². The summed E-state index contributed by atoms with van der Waals surface area (Å²) in [6, 6.07) is -6.49. The fourth-order valence-electron chi connectivity index (χ4n) is 7.14. The van der Waals surface area contributed by atoms with Gasteiger partial charge < -0.3 is 100 Å². The summed E-state index contributed by atoms with van der Waals surface area (Å²) >= 11 is 0. The van der Waals surface area contributed by atoms with Crippen LogP contribution in [0.5, 0.6) is 0 Å². The largest absolute Gasteiger partial charge is 0.463 e. The molecule has 3 amide bonds. The number of hydrogen-bond donors (Lipinski definition) is 13. The van der Waals surface area contributed by atoms with Crippen molar-refractivity contribution in [2.45, 2.75) is 150 Å². The van der Waals surface area contributed by atoms with Crippen LogP contribution >= 0.6 is 0 Å². The highest BCUT2D eigenvalue weighted by atomic mass is 32.3. The second kappa shape index (κ2) is 21.7. The van der Waals surface area contributed by atoms with Gasteiger partial charge in [0.25, 0.3) is 0 Å². The SMILES string of the molecule is CC(=O)N[C@H]1[C@H](O[C@H]2[C@H](O)[C@@H](NC(C)=O)[C@H](O[C@H]3[C@H](O)[C@@H](NC(C)=O)C(O)O[C@@H]3COS(=O)(=O)O)O[C@@H]2CO)O[C@H](CO)[C@@H](O[C@@H]2O[C@H](COC(C)=O)[C@@H](O)[C@H](O)[C@H]2N)[C@@H]1O. The molecule has 28 nitrogen and oxygen atoms in total. The van der Waals surface area contributed by atoms with Crippen molar-refractivity contribution >= 4 is 34.1 Å². The number of aliphatic hydroxyl groups is 8. The lowest BCUT2D eigenvalue weighted by molar-refractivity contribution is -0.361. The molecular weight excluding hydrogens is 856 g/mol. The standard InChI is InChI=1S/C32H54N4O24S/c1-9(39)34-18-23(45)28(16(54-29(18)48)8-53-61(49,50)51)60-32-20(36-11(3)41)25(47)27(14(6-38)56-32)59-31-19(35-10(2)40)24(46)26(13(5-37)55-31)58-30-17(33)22(44)21(43)15(57-30)7-52-12(4)42/h13-32,37-38,43-48H,5-8,33H2,1-4H3,(H,34,39)(H,35,40)(H,36,41)(H,49,50,51)/t13-,14-,15-,16-,17-,18-,19-,20-,21-,22-,23-,24-,25-,26-,27-,28-,29?,30+,31+,32+/m1/s1. The Hall–Kier alpha value is -2.89. The molecule has 0 radical (unpaired) electrons. The highest BCUT2D eigenvalue weighted by Gasteiger charge is 2.56. The minimum Gasteiger partial charge on any atom is -0.463 e. The maximum Gasteiger partial charge on any atom is 0.397 e. The second-order valence-electron chi connectivity index (χ2n) is 14.6. The van der Waals surface area contributed by atoms with E-state index in [0.717, 1.165) is 27.7 Å². The van der Waals surface area contributed by atoms with Gasteiger partial charge in [0.05, 0.1) is 25.9 Å². The summed E-state index contributed by atoms with van der Waals surface area (Å²) in [5.41, 5.74) is 6.05. The van der Waals surface area contributed by atoms with Crippen molar-refractivity contribution in [3.63, 3.8) is 0 Å². The van der Waals surface area contributed by atoms with E-state index < -0.39 is 183 Å². The third-order valence-corrected chi connectivity index (χ3v) is 10.4. The Morgan fingerprint density at radius 3 is 1.41 bits per heavy atom. The molecule has 0 bridgehead atoms. The van der Waals surface area contributed by atoms with Crippen molar-refractivity contribution in [3.8, 4) is 0 Å². The molecule has 29 heteroatoms. The Morgan fingerprint density at radius 1 is 0.574 bits per heavy atom. The van der Waals surface area contributed by atoms with Crippen LogP contribution in [0.3, 0.4) is 0 Å². The molecule has 4 saturated heterocycles. The molecule has 4 aliphatic heterocycles. The highest BCUT2D eigenvalue weighted by Crippen LogP contribution is 2.34. The average Bonchev–Trinajstić information content (AvgIpc) is 3.16. The molecule has 4 rings (SSSR count). The molecule has 0 saturated carbocycles. The number of nitrogens with one attached hydrogen (secondary N) is 3. The van der Waals surface area contributed by atoms with Crippen LogP contribution in [0.25, 0.3) is 0 Å². The second-order valence-corrected chi connectivity index (χ2v) is 15.7. The summed E-state index contributed by atoms with van der Waals surface area (Å²) in [5.74, 6) is -3.10. The molecule has 4 aliphatic rings. The number of nitrogens with two attached hydrogens (primary N) is 1. The number of aliphatic hydroxyl groups excluding tert-OH is 8. The maximum atomic E-state index is 12.4. The Kier molecular flexibility index (Phi) is 18.0. The maximum absolute atomic E-state index is 12.4. The average molecular weight is 911 g/mol. The Balaban J connectivity index is 1.61. The minimum absolute atomic E-state index is 0.542. The van der Waals surface area contributed by atoms with Crippen LogP contribution in [0.1, 0.15) is 27.7 Å². The van der Waals surface area contributed by atoms with Crippen LogP contribution in [0, 0.1) is 0 Å². The monoisotopic (exact) mass is 910 g/mol. The zero-order valence-corrected chi connectivity index (χ0v) is 33.8. The summed E-state index contributed by atoms with van der Waals surface area (Å²) in [7, 11) is -5.14. The molecule has 0 spiro atoms. The quantitative estimate of drug-likeness (QED) is 0.0505. The first-order valence-electron chi connectivity index (χ1n) is 18.7. The van der Waals surface area contributed by atoms with Crippen LogP contribution in [0.2, 0.25) is 0 Å². The predicted molar refractivity (Wildman–Crippen MR) is 191 cm³/mol. The van der Waals surface area contributed by atoms with Gasteiger partial charge in [0.15, 0.2) is 25.2 Å². The molecule has 0 aromatic rings. The number of esters is 1. The molecule has 352 valence electrons. The van der Waals surface area contributed by atoms with E-state index in [2.05, 4.69) is 20.1 Å². The molecule has 0 aromatic heterocycles. The number of carbonyl (C=O) groups excluding carboxylic acids is 4. The lowest BCUT2D eigenvalue weighted by Gasteiger charge is -2.50. The van der Waals surface area contributed by atoms with Crippen molar-refractivity contribution < 1.29 is 115 Å². The number of amides is 3. The topological polar surface area (TPSA) is 430 Å². The molecule has 0 aromatic carbocycles. The van der Waals surface area contributed by atoms with E-state index >= 15 is 0 Å². The molecule has 14 N–H and O–H groups in total. The number of hydrogen-bond acceptors (Lipinski definition) is 24. The first kappa shape index (κ1) is 50.8. The van der Waals surface area contributed by atoms with Gasteiger partial charge in [-0.3, -0.25) is 23.7 Å². The van der Waals surface area contributed by atoms with Crippen LogP contribution in [0.4, 0.5) is 0 Å². The fraction of sp³-hybridized carbons (Fsp3) is 0.875. The van der Waals surface area contributed by atoms with E-state index in [-0.39, 0.29) is 0 Å². The Bertz CT molecular complexity index is 1620. The lowest BCUT2D eigenvalue weighted by atomic mass is 9.93. The van der Waals surface area contributed by atoms with E-state index in [4.69, 9.17) is 48.2 Å². The number of carbonyl (C=O) groups is 4. The fourth-order valence-corrected chi connectivity index (χ4v) is 7.44. The van der Waals surface area contributed by atoms with Crippen molar-refractivity contribution in [3.05, 3.63) is 0 Å². The van der Waals surface area contributed by atoms with E-state index in [1.54, 1.807) is 0 Å².